The molecular formula is C5H12O4S. The molecule has 0 fully saturated rings. The molecule has 0 rings (SSSR count). The van der Waals surface area contributed by atoms with Crippen molar-refractivity contribution < 1.29 is 19.0 Å². The second-order valence-electron chi connectivity index (χ2n) is 2.65. The van der Waals surface area contributed by atoms with Crippen LogP contribution in [0, 0.1) is 0 Å². The lowest BCUT2D eigenvalue weighted by molar-refractivity contribution is -0.139. The molecule has 0 aromatic carbocycles. The summed E-state index contributed by atoms with van der Waals surface area (Å²) in [6, 6.07) is 0. The van der Waals surface area contributed by atoms with Crippen molar-refractivity contribution in [2.75, 3.05) is 6.26 Å². The fourth-order valence-electron chi connectivity index (χ4n) is 0.165. The molecule has 0 bridgehead atoms. The Morgan fingerprint density at radius 1 is 1.40 bits per heavy atom. The molecule has 0 heterocycles. The first-order chi connectivity index (χ1) is 4.19. The highest BCUT2D eigenvalue weighted by atomic mass is 32.3. The van der Waals surface area contributed by atoms with E-state index in [1.54, 1.807) is 0 Å². The second kappa shape index (κ2) is 2.41. The monoisotopic (exact) mass is 168 g/mol. The van der Waals surface area contributed by atoms with Crippen LogP contribution in [0.4, 0.5) is 0 Å². The maximum Gasteiger partial charge on any atom is 0.328 e. The van der Waals surface area contributed by atoms with Crippen LogP contribution in [-0.2, 0) is 4.79 Å². The van der Waals surface area contributed by atoms with E-state index in [0.717, 1.165) is 6.26 Å². The zero-order valence-corrected chi connectivity index (χ0v) is 6.97. The van der Waals surface area contributed by atoms with Gasteiger partial charge in [-0.2, -0.15) is 10.6 Å². The lowest BCUT2D eigenvalue weighted by atomic mass is 10.2. The van der Waals surface area contributed by atoms with Gasteiger partial charge in [0.05, 0.1) is 0 Å². The zero-order valence-electron chi connectivity index (χ0n) is 6.16. The third-order valence-electron chi connectivity index (χ3n) is 1.48. The Balaban J connectivity index is 4.57. The van der Waals surface area contributed by atoms with Gasteiger partial charge in [-0.1, -0.05) is 0 Å². The van der Waals surface area contributed by atoms with Crippen molar-refractivity contribution in [3.05, 3.63) is 0 Å². The summed E-state index contributed by atoms with van der Waals surface area (Å²) in [7, 11) is -3.00. The normalized spacial score (nSPS) is 14.9. The van der Waals surface area contributed by atoms with E-state index in [9.17, 15) is 4.79 Å². The Bertz CT molecular complexity index is 146. The van der Waals surface area contributed by atoms with Crippen molar-refractivity contribution in [1.29, 1.82) is 0 Å². The molecule has 0 aliphatic carbocycles. The lowest BCUT2D eigenvalue weighted by Crippen LogP contribution is -2.36. The summed E-state index contributed by atoms with van der Waals surface area (Å²) in [5, 5.41) is 8.48. The molecule has 0 aliphatic rings. The van der Waals surface area contributed by atoms with E-state index < -0.39 is 21.3 Å². The first-order valence-electron chi connectivity index (χ1n) is 2.66. The summed E-state index contributed by atoms with van der Waals surface area (Å²) in [6.45, 7) is 2.56. The van der Waals surface area contributed by atoms with Crippen molar-refractivity contribution in [2.24, 2.45) is 0 Å². The van der Waals surface area contributed by atoms with E-state index in [4.69, 9.17) is 14.2 Å². The smallest absolute Gasteiger partial charge is 0.328 e. The molecule has 62 valence electrons. The third-order valence-corrected chi connectivity index (χ3v) is 3.59. The molecule has 0 radical (unpaired) electrons. The molecule has 0 aromatic heterocycles. The van der Waals surface area contributed by atoms with Gasteiger partial charge in [0.15, 0.2) is 4.75 Å². The Morgan fingerprint density at radius 3 is 1.70 bits per heavy atom. The Hall–Kier alpha value is -0.260. The lowest BCUT2D eigenvalue weighted by Gasteiger charge is -2.39. The van der Waals surface area contributed by atoms with Crippen molar-refractivity contribution in [3.63, 3.8) is 0 Å². The van der Waals surface area contributed by atoms with Gasteiger partial charge in [0.2, 0.25) is 0 Å². The topological polar surface area (TPSA) is 77.8 Å². The van der Waals surface area contributed by atoms with Crippen LogP contribution in [0.15, 0.2) is 0 Å². The standard InChI is InChI=1S/C5H12O4S/c1-5(2,4(6)7)10(3,8)9/h8-9H,1-3H3,(H,6,7). The van der Waals surface area contributed by atoms with Crippen LogP contribution >= 0.6 is 10.6 Å². The minimum absolute atomic E-state index is 1.13. The predicted octanol–water partition coefficient (Wildman–Crippen LogP) is 1.23. The highest BCUT2D eigenvalue weighted by Crippen LogP contribution is 2.48. The Labute approximate surface area is 61.2 Å². The van der Waals surface area contributed by atoms with Gasteiger partial charge in [0, 0.05) is 6.26 Å². The van der Waals surface area contributed by atoms with Gasteiger partial charge < -0.3 is 5.11 Å². The van der Waals surface area contributed by atoms with Crippen molar-refractivity contribution in [1.82, 2.24) is 0 Å². The number of rotatable bonds is 2. The van der Waals surface area contributed by atoms with Gasteiger partial charge in [-0.05, 0) is 13.8 Å². The van der Waals surface area contributed by atoms with E-state index in [0.29, 0.717) is 0 Å². The first kappa shape index (κ1) is 9.74. The third kappa shape index (κ3) is 1.62. The quantitative estimate of drug-likeness (QED) is 0.579. The largest absolute Gasteiger partial charge is 0.480 e. The molecule has 0 saturated carbocycles. The second-order valence-corrected chi connectivity index (χ2v) is 5.34. The summed E-state index contributed by atoms with van der Waals surface area (Å²) in [4.78, 5) is 10.4. The van der Waals surface area contributed by atoms with E-state index >= 15 is 0 Å². The molecule has 0 unspecified atom stereocenters. The molecule has 0 atom stereocenters. The highest BCUT2D eigenvalue weighted by molar-refractivity contribution is 8.25. The van der Waals surface area contributed by atoms with Gasteiger partial charge in [-0.25, -0.2) is 4.79 Å². The van der Waals surface area contributed by atoms with E-state index in [1.165, 1.54) is 13.8 Å². The average molecular weight is 168 g/mol. The molecule has 4 nitrogen and oxygen atoms in total. The van der Waals surface area contributed by atoms with Crippen molar-refractivity contribution in [2.45, 2.75) is 18.6 Å². The van der Waals surface area contributed by atoms with Crippen LogP contribution in [0.2, 0.25) is 0 Å². The number of aliphatic carboxylic acids is 1. The number of carbonyl (C=O) groups is 1. The zero-order chi connectivity index (χ0) is 8.58. The van der Waals surface area contributed by atoms with Crippen LogP contribution in [0.5, 0.6) is 0 Å². The van der Waals surface area contributed by atoms with Gasteiger partial charge in [0.1, 0.15) is 0 Å². The first-order valence-corrected chi connectivity index (χ1v) is 4.61. The van der Waals surface area contributed by atoms with E-state index in [-0.39, 0.29) is 0 Å². The van der Waals surface area contributed by atoms with E-state index in [1.807, 2.05) is 0 Å². The molecule has 0 amide bonds. The van der Waals surface area contributed by atoms with Gasteiger partial charge in [0.25, 0.3) is 0 Å². The maximum atomic E-state index is 10.4. The average Bonchev–Trinajstić information content (AvgIpc) is 1.62. The minimum Gasteiger partial charge on any atom is -0.480 e. The Morgan fingerprint density at radius 2 is 1.70 bits per heavy atom. The Kier molecular flexibility index (Phi) is 2.35. The predicted molar refractivity (Wildman–Crippen MR) is 40.5 cm³/mol. The summed E-state index contributed by atoms with van der Waals surface area (Å²) < 4.78 is 16.5. The number of carboxylic acids is 1. The van der Waals surface area contributed by atoms with Gasteiger partial charge in [-0.3, -0.25) is 9.11 Å². The fourth-order valence-corrected chi connectivity index (χ4v) is 0.496. The minimum atomic E-state index is -3.00. The van der Waals surface area contributed by atoms with Gasteiger partial charge in [-0.15, -0.1) is 0 Å². The number of carboxylic acid groups (broad SMARTS) is 1. The SMILES string of the molecule is CC(C)(C(=O)O)S(C)(O)O. The van der Waals surface area contributed by atoms with Crippen molar-refractivity contribution >= 4 is 16.6 Å². The molecule has 3 N–H and O–H groups in total. The summed E-state index contributed by atoms with van der Waals surface area (Å²) in [6.07, 6.45) is 1.13. The summed E-state index contributed by atoms with van der Waals surface area (Å²) >= 11 is 0. The summed E-state index contributed by atoms with van der Waals surface area (Å²) in [5.74, 6) is -1.20. The molecule has 0 aliphatic heterocycles. The van der Waals surface area contributed by atoms with E-state index in [2.05, 4.69) is 0 Å². The fraction of sp³-hybridized carbons (Fsp3) is 0.800. The molecule has 0 aromatic rings. The van der Waals surface area contributed by atoms with Crippen LogP contribution in [0.25, 0.3) is 0 Å². The van der Waals surface area contributed by atoms with Crippen LogP contribution in [0.1, 0.15) is 13.8 Å². The van der Waals surface area contributed by atoms with Gasteiger partial charge >= 0.3 is 5.97 Å². The number of hydrogen-bond donors (Lipinski definition) is 3. The van der Waals surface area contributed by atoms with Crippen LogP contribution in [-0.4, -0.2) is 31.2 Å². The summed E-state index contributed by atoms with van der Waals surface area (Å²) in [5.41, 5.74) is 0. The van der Waals surface area contributed by atoms with Crippen LogP contribution in [0.3, 0.4) is 0 Å². The molecule has 0 saturated heterocycles. The van der Waals surface area contributed by atoms with Crippen molar-refractivity contribution in [3.8, 4) is 0 Å². The van der Waals surface area contributed by atoms with Crippen LogP contribution < -0.4 is 0 Å². The molecular weight excluding hydrogens is 156 g/mol. The maximum absolute atomic E-state index is 10.4. The number of hydrogen-bond acceptors (Lipinski definition) is 3. The molecule has 5 heteroatoms. The highest BCUT2D eigenvalue weighted by Gasteiger charge is 2.38. The molecule has 0 spiro atoms. The molecule has 10 heavy (non-hydrogen) atoms.